The van der Waals surface area contributed by atoms with Gasteiger partial charge in [0.15, 0.2) is 5.82 Å². The van der Waals surface area contributed by atoms with Crippen LogP contribution < -0.4 is 10.2 Å². The summed E-state index contributed by atoms with van der Waals surface area (Å²) in [6.07, 6.45) is -3.62. The largest absolute Gasteiger partial charge is 0.416 e. The van der Waals surface area contributed by atoms with Crippen molar-refractivity contribution < 1.29 is 22.7 Å². The minimum absolute atomic E-state index is 0.0279. The first-order valence-corrected chi connectivity index (χ1v) is 12.9. The minimum Gasteiger partial charge on any atom is -0.381 e. The first-order valence-electron chi connectivity index (χ1n) is 12.9. The Morgan fingerprint density at radius 3 is 2.53 bits per heavy atom. The second-order valence-electron chi connectivity index (χ2n) is 10.1. The molecule has 0 unspecified atom stereocenters. The number of piperazine rings is 1. The van der Waals surface area contributed by atoms with Crippen molar-refractivity contribution in [2.75, 3.05) is 49.6 Å². The first-order chi connectivity index (χ1) is 18.1. The highest BCUT2D eigenvalue weighted by Crippen LogP contribution is 2.36. The Balaban J connectivity index is 1.37. The summed E-state index contributed by atoms with van der Waals surface area (Å²) in [5.41, 5.74) is 1.90. The van der Waals surface area contributed by atoms with E-state index < -0.39 is 17.8 Å². The number of halogens is 3. The van der Waals surface area contributed by atoms with Crippen molar-refractivity contribution >= 4 is 28.2 Å². The summed E-state index contributed by atoms with van der Waals surface area (Å²) in [5, 5.41) is 13.7. The molecule has 3 aromatic rings. The first kappa shape index (κ1) is 26.2. The fourth-order valence-electron chi connectivity index (χ4n) is 5.46. The van der Waals surface area contributed by atoms with Crippen LogP contribution in [-0.2, 0) is 15.7 Å². The van der Waals surface area contributed by atoms with Gasteiger partial charge < -0.3 is 19.9 Å². The van der Waals surface area contributed by atoms with Crippen LogP contribution in [0.2, 0.25) is 0 Å². The number of hydrogen-bond acceptors (Lipinski definition) is 6. The number of alkyl halides is 3. The van der Waals surface area contributed by atoms with Gasteiger partial charge >= 0.3 is 6.18 Å². The monoisotopic (exact) mass is 527 g/mol. The quantitative estimate of drug-likeness (QED) is 0.497. The fourth-order valence-corrected chi connectivity index (χ4v) is 5.46. The minimum atomic E-state index is -4.41. The number of carbonyl (C=O) groups is 1. The zero-order chi connectivity index (χ0) is 27.0. The molecule has 38 heavy (non-hydrogen) atoms. The number of nitrogens with zero attached hydrogens (tertiary/aromatic N) is 4. The van der Waals surface area contributed by atoms with Crippen molar-refractivity contribution in [2.24, 2.45) is 5.92 Å². The van der Waals surface area contributed by atoms with E-state index in [1.54, 1.807) is 6.07 Å². The lowest BCUT2D eigenvalue weighted by Gasteiger charge is -2.37. The van der Waals surface area contributed by atoms with Gasteiger partial charge in [0.05, 0.1) is 29.8 Å². The van der Waals surface area contributed by atoms with Gasteiger partial charge in [-0.15, -0.1) is 5.10 Å². The number of hydrogen-bond donors (Lipinski definition) is 1. The Labute approximate surface area is 220 Å². The lowest BCUT2D eigenvalue weighted by atomic mass is 9.97. The summed E-state index contributed by atoms with van der Waals surface area (Å²) in [7, 11) is 0. The fraction of sp³-hybridized carbons (Fsp3) is 0.464. The molecule has 1 N–H and O–H groups in total. The van der Waals surface area contributed by atoms with E-state index in [2.05, 4.69) is 20.4 Å². The SMILES string of the molecule is Cc1c([C@@H](C)Nc2nnc(C)c3ccc(N4CCN(C(=O)[C@H]5CCOC5)CC4)cc23)cccc1C(F)(F)F. The highest BCUT2D eigenvalue weighted by atomic mass is 19.4. The van der Waals surface area contributed by atoms with E-state index in [1.165, 1.54) is 13.0 Å². The molecule has 2 aromatic carbocycles. The van der Waals surface area contributed by atoms with Crippen molar-refractivity contribution in [3.8, 4) is 0 Å². The summed E-state index contributed by atoms with van der Waals surface area (Å²) in [5.74, 6) is 0.670. The molecule has 2 saturated heterocycles. The van der Waals surface area contributed by atoms with E-state index in [0.29, 0.717) is 50.8 Å². The average molecular weight is 528 g/mol. The predicted octanol–water partition coefficient (Wildman–Crippen LogP) is 5.12. The topological polar surface area (TPSA) is 70.6 Å². The van der Waals surface area contributed by atoms with Crippen molar-refractivity contribution in [2.45, 2.75) is 39.4 Å². The van der Waals surface area contributed by atoms with E-state index in [0.717, 1.165) is 34.6 Å². The smallest absolute Gasteiger partial charge is 0.381 e. The number of anilines is 2. The molecule has 2 atom stereocenters. The lowest BCUT2D eigenvalue weighted by Crippen LogP contribution is -2.50. The molecule has 5 rings (SSSR count). The van der Waals surface area contributed by atoms with Crippen LogP contribution in [0.5, 0.6) is 0 Å². The standard InChI is InChI=1S/C28H32F3N5O2/c1-17-22(5-4-6-25(17)28(29,30)31)18(2)32-26-24-15-21(7-8-23(24)19(3)33-34-26)35-10-12-36(13-11-35)27(37)20-9-14-38-16-20/h4-8,15,18,20H,9-14,16H2,1-3H3,(H,32,34)/t18-,20+/m1/s1. The second kappa shape index (κ2) is 10.4. The van der Waals surface area contributed by atoms with Crippen LogP contribution in [0.4, 0.5) is 24.7 Å². The number of rotatable bonds is 5. The summed E-state index contributed by atoms with van der Waals surface area (Å²) >= 11 is 0. The van der Waals surface area contributed by atoms with E-state index >= 15 is 0 Å². The predicted molar refractivity (Wildman–Crippen MR) is 140 cm³/mol. The Kier molecular flexibility index (Phi) is 7.17. The molecule has 1 aromatic heterocycles. The number of amides is 1. The van der Waals surface area contributed by atoms with E-state index in [4.69, 9.17) is 4.74 Å². The maximum absolute atomic E-state index is 13.5. The van der Waals surface area contributed by atoms with Crippen LogP contribution in [0.15, 0.2) is 36.4 Å². The van der Waals surface area contributed by atoms with Gasteiger partial charge in [0, 0.05) is 49.2 Å². The average Bonchev–Trinajstić information content (AvgIpc) is 3.44. The van der Waals surface area contributed by atoms with Gasteiger partial charge in [-0.05, 0) is 56.5 Å². The number of benzene rings is 2. The van der Waals surface area contributed by atoms with Gasteiger partial charge in [0.25, 0.3) is 0 Å². The summed E-state index contributed by atoms with van der Waals surface area (Å²) in [4.78, 5) is 16.9. The molecular weight excluding hydrogens is 495 g/mol. The molecule has 0 bridgehead atoms. The Morgan fingerprint density at radius 1 is 1.08 bits per heavy atom. The third kappa shape index (κ3) is 5.14. The summed E-state index contributed by atoms with van der Waals surface area (Å²) in [6, 6.07) is 9.92. The maximum Gasteiger partial charge on any atom is 0.416 e. The molecule has 3 heterocycles. The molecule has 0 radical (unpaired) electrons. The number of aromatic nitrogens is 2. The molecule has 0 spiro atoms. The molecule has 10 heteroatoms. The van der Waals surface area contributed by atoms with Gasteiger partial charge in [-0.25, -0.2) is 0 Å². The number of aryl methyl sites for hydroxylation is 1. The zero-order valence-corrected chi connectivity index (χ0v) is 21.8. The van der Waals surface area contributed by atoms with Gasteiger partial charge in [-0.2, -0.15) is 18.3 Å². The van der Waals surface area contributed by atoms with Crippen molar-refractivity contribution in [1.82, 2.24) is 15.1 Å². The van der Waals surface area contributed by atoms with Crippen molar-refractivity contribution in [1.29, 1.82) is 0 Å². The molecule has 2 aliphatic heterocycles. The normalized spacial score (nSPS) is 19.2. The molecule has 202 valence electrons. The third-order valence-electron chi connectivity index (χ3n) is 7.68. The van der Waals surface area contributed by atoms with Crippen molar-refractivity contribution in [3.05, 3.63) is 58.8 Å². The van der Waals surface area contributed by atoms with Gasteiger partial charge in [-0.1, -0.05) is 18.2 Å². The zero-order valence-electron chi connectivity index (χ0n) is 21.8. The van der Waals surface area contributed by atoms with Crippen molar-refractivity contribution in [3.63, 3.8) is 0 Å². The number of fused-ring (bicyclic) bond motifs is 1. The second-order valence-corrected chi connectivity index (χ2v) is 10.1. The molecule has 7 nitrogen and oxygen atoms in total. The van der Waals surface area contributed by atoms with E-state index in [-0.39, 0.29) is 17.4 Å². The van der Waals surface area contributed by atoms with E-state index in [1.807, 2.05) is 36.9 Å². The van der Waals surface area contributed by atoms with Gasteiger partial charge in [0.2, 0.25) is 5.91 Å². The van der Waals surface area contributed by atoms with Crippen LogP contribution in [0.3, 0.4) is 0 Å². The Hall–Kier alpha value is -3.40. The molecule has 0 aliphatic carbocycles. The molecule has 2 aliphatic rings. The van der Waals surface area contributed by atoms with Gasteiger partial charge in [0.1, 0.15) is 0 Å². The maximum atomic E-state index is 13.5. The molecule has 0 saturated carbocycles. The van der Waals surface area contributed by atoms with Gasteiger partial charge in [-0.3, -0.25) is 4.79 Å². The number of nitrogens with one attached hydrogen (secondary N) is 1. The highest BCUT2D eigenvalue weighted by Gasteiger charge is 2.33. The van der Waals surface area contributed by atoms with Crippen LogP contribution in [-0.4, -0.2) is 60.4 Å². The Bertz CT molecular complexity index is 1330. The lowest BCUT2D eigenvalue weighted by molar-refractivity contribution is -0.138. The van der Waals surface area contributed by atoms with E-state index in [9.17, 15) is 18.0 Å². The summed E-state index contributed by atoms with van der Waals surface area (Å²) in [6.45, 7) is 9.10. The Morgan fingerprint density at radius 2 is 1.84 bits per heavy atom. The highest BCUT2D eigenvalue weighted by molar-refractivity contribution is 5.95. The van der Waals surface area contributed by atoms with Crippen LogP contribution in [0.25, 0.3) is 10.8 Å². The molecular formula is C28H32F3N5O2. The van der Waals surface area contributed by atoms with Crippen LogP contribution >= 0.6 is 0 Å². The molecule has 1 amide bonds. The molecule has 2 fully saturated rings. The third-order valence-corrected chi connectivity index (χ3v) is 7.68. The van der Waals surface area contributed by atoms with Crippen LogP contribution in [0.1, 0.15) is 41.8 Å². The van der Waals surface area contributed by atoms with Crippen LogP contribution in [0, 0.1) is 19.8 Å². The summed E-state index contributed by atoms with van der Waals surface area (Å²) < 4.78 is 45.8. The number of carbonyl (C=O) groups excluding carboxylic acids is 1. The number of ether oxygens (including phenoxy) is 1.